The molecular weight excluding hydrogens is 408 g/mol. The minimum atomic E-state index is -3.93. The van der Waals surface area contributed by atoms with Gasteiger partial charge in [0.15, 0.2) is 5.75 Å². The van der Waals surface area contributed by atoms with E-state index in [0.717, 1.165) is 37.5 Å². The van der Waals surface area contributed by atoms with Crippen molar-refractivity contribution in [2.75, 3.05) is 13.7 Å². The van der Waals surface area contributed by atoms with Crippen LogP contribution in [0.3, 0.4) is 0 Å². The van der Waals surface area contributed by atoms with E-state index in [4.69, 9.17) is 9.47 Å². The van der Waals surface area contributed by atoms with E-state index in [0.29, 0.717) is 6.61 Å². The largest absolute Gasteiger partial charge is 0.493 e. The SMILES string of the molecule is CCCCCCOc1c(OC)cc(/C=N\S(=O)(=O)c2ccc(C)cc2)cc1[N+](=O)[O-]. The number of hydrogen-bond acceptors (Lipinski definition) is 6. The van der Waals surface area contributed by atoms with E-state index in [1.807, 2.05) is 6.92 Å². The lowest BCUT2D eigenvalue weighted by Crippen LogP contribution is -2.04. The van der Waals surface area contributed by atoms with Crippen LogP contribution in [-0.4, -0.2) is 33.3 Å². The van der Waals surface area contributed by atoms with E-state index in [-0.39, 0.29) is 27.6 Å². The molecule has 2 aromatic rings. The van der Waals surface area contributed by atoms with Crippen LogP contribution in [0.5, 0.6) is 11.5 Å². The summed E-state index contributed by atoms with van der Waals surface area (Å²) in [7, 11) is -2.57. The molecule has 162 valence electrons. The lowest BCUT2D eigenvalue weighted by Gasteiger charge is -2.12. The molecule has 0 atom stereocenters. The molecule has 0 aliphatic carbocycles. The highest BCUT2D eigenvalue weighted by atomic mass is 32.2. The zero-order chi connectivity index (χ0) is 22.1. The summed E-state index contributed by atoms with van der Waals surface area (Å²) in [6.07, 6.45) is 4.94. The summed E-state index contributed by atoms with van der Waals surface area (Å²) in [5.41, 5.74) is 0.829. The van der Waals surface area contributed by atoms with Crippen LogP contribution >= 0.6 is 0 Å². The molecule has 0 N–H and O–H groups in total. The first-order chi connectivity index (χ1) is 14.3. The Labute approximate surface area is 176 Å². The molecule has 0 aliphatic heterocycles. The third-order valence-corrected chi connectivity index (χ3v) is 5.63. The molecule has 0 fully saturated rings. The number of nitrogens with zero attached hydrogens (tertiary/aromatic N) is 2. The lowest BCUT2D eigenvalue weighted by atomic mass is 10.2. The Morgan fingerprint density at radius 3 is 2.43 bits per heavy atom. The molecule has 0 aliphatic rings. The zero-order valence-corrected chi connectivity index (χ0v) is 18.1. The van der Waals surface area contributed by atoms with Crippen LogP contribution in [0, 0.1) is 17.0 Å². The Morgan fingerprint density at radius 1 is 1.13 bits per heavy atom. The first kappa shape index (κ1) is 23.3. The van der Waals surface area contributed by atoms with Crippen molar-refractivity contribution in [2.24, 2.45) is 4.40 Å². The number of nitro groups is 1. The molecular formula is C21H26N2O6S. The fourth-order valence-electron chi connectivity index (χ4n) is 2.72. The molecule has 0 aromatic heterocycles. The van der Waals surface area contributed by atoms with E-state index in [9.17, 15) is 18.5 Å². The average molecular weight is 435 g/mol. The van der Waals surface area contributed by atoms with Crippen molar-refractivity contribution >= 4 is 21.9 Å². The van der Waals surface area contributed by atoms with Gasteiger partial charge in [-0.25, -0.2) is 0 Å². The molecule has 30 heavy (non-hydrogen) atoms. The number of benzene rings is 2. The summed E-state index contributed by atoms with van der Waals surface area (Å²) in [5, 5.41) is 11.5. The molecule has 2 aromatic carbocycles. The lowest BCUT2D eigenvalue weighted by molar-refractivity contribution is -0.386. The van der Waals surface area contributed by atoms with Crippen molar-refractivity contribution in [3.63, 3.8) is 0 Å². The smallest absolute Gasteiger partial charge is 0.315 e. The van der Waals surface area contributed by atoms with E-state index in [1.54, 1.807) is 12.1 Å². The normalized spacial score (nSPS) is 11.6. The number of ether oxygens (including phenoxy) is 2. The van der Waals surface area contributed by atoms with Gasteiger partial charge in [-0.15, -0.1) is 0 Å². The monoisotopic (exact) mass is 434 g/mol. The minimum Gasteiger partial charge on any atom is -0.493 e. The third-order valence-electron chi connectivity index (χ3n) is 4.38. The number of sulfonamides is 1. The van der Waals surface area contributed by atoms with Gasteiger partial charge in [0.05, 0.1) is 23.5 Å². The molecule has 0 spiro atoms. The van der Waals surface area contributed by atoms with Crippen LogP contribution in [0.15, 0.2) is 45.7 Å². The zero-order valence-electron chi connectivity index (χ0n) is 17.3. The molecule has 0 saturated carbocycles. The van der Waals surface area contributed by atoms with E-state index in [1.165, 1.54) is 31.4 Å². The highest BCUT2D eigenvalue weighted by molar-refractivity contribution is 7.90. The fraction of sp³-hybridized carbons (Fsp3) is 0.381. The summed E-state index contributed by atoms with van der Waals surface area (Å²) >= 11 is 0. The van der Waals surface area contributed by atoms with Crippen LogP contribution in [0.4, 0.5) is 5.69 Å². The van der Waals surface area contributed by atoms with Gasteiger partial charge in [-0.05, 0) is 31.5 Å². The Hall–Kier alpha value is -2.94. The Balaban J connectivity index is 2.30. The highest BCUT2D eigenvalue weighted by Gasteiger charge is 2.22. The standard InChI is InChI=1S/C21H26N2O6S/c1-4-5-6-7-12-29-21-19(23(24)25)13-17(14-20(21)28-3)15-22-30(26,27)18-10-8-16(2)9-11-18/h8-11,13-15H,4-7,12H2,1-3H3/b22-15-. The molecule has 9 heteroatoms. The molecule has 0 radical (unpaired) electrons. The molecule has 0 unspecified atom stereocenters. The van der Waals surface area contributed by atoms with Crippen LogP contribution in [0.1, 0.15) is 43.7 Å². The Kier molecular flexibility index (Phi) is 8.35. The summed E-state index contributed by atoms with van der Waals surface area (Å²) < 4.78 is 39.3. The average Bonchev–Trinajstić information content (AvgIpc) is 2.72. The van der Waals surface area contributed by atoms with Gasteiger partial charge in [-0.2, -0.15) is 12.8 Å². The van der Waals surface area contributed by atoms with E-state index in [2.05, 4.69) is 11.3 Å². The molecule has 0 bridgehead atoms. The van der Waals surface area contributed by atoms with Gasteiger partial charge in [0, 0.05) is 17.8 Å². The van der Waals surface area contributed by atoms with Gasteiger partial charge in [0.2, 0.25) is 5.75 Å². The van der Waals surface area contributed by atoms with Crippen LogP contribution in [0.25, 0.3) is 0 Å². The van der Waals surface area contributed by atoms with Crippen LogP contribution in [-0.2, 0) is 10.0 Å². The summed E-state index contributed by atoms with van der Waals surface area (Å²) in [5.74, 6) is 0.173. The van der Waals surface area contributed by atoms with Crippen LogP contribution < -0.4 is 9.47 Å². The number of rotatable bonds is 11. The first-order valence-electron chi connectivity index (χ1n) is 9.64. The second-order valence-electron chi connectivity index (χ2n) is 6.76. The van der Waals surface area contributed by atoms with Crippen molar-refractivity contribution in [3.05, 3.63) is 57.6 Å². The number of aryl methyl sites for hydroxylation is 1. The second-order valence-corrected chi connectivity index (χ2v) is 8.39. The second kappa shape index (κ2) is 10.7. The Morgan fingerprint density at radius 2 is 1.83 bits per heavy atom. The maximum absolute atomic E-state index is 12.4. The van der Waals surface area contributed by atoms with Gasteiger partial charge < -0.3 is 9.47 Å². The number of methoxy groups -OCH3 is 1. The van der Waals surface area contributed by atoms with Crippen molar-refractivity contribution in [3.8, 4) is 11.5 Å². The molecule has 0 saturated heterocycles. The van der Waals surface area contributed by atoms with Crippen molar-refractivity contribution in [1.82, 2.24) is 0 Å². The molecule has 0 heterocycles. The van der Waals surface area contributed by atoms with Gasteiger partial charge in [0.25, 0.3) is 10.0 Å². The summed E-state index contributed by atoms with van der Waals surface area (Å²) in [4.78, 5) is 11.0. The molecule has 2 rings (SSSR count). The van der Waals surface area contributed by atoms with Gasteiger partial charge >= 0.3 is 5.69 Å². The van der Waals surface area contributed by atoms with Gasteiger partial charge in [-0.1, -0.05) is 43.9 Å². The number of nitro benzene ring substituents is 1. The maximum atomic E-state index is 12.4. The Bertz CT molecular complexity index is 1000. The number of hydrogen-bond donors (Lipinski definition) is 0. The highest BCUT2D eigenvalue weighted by Crippen LogP contribution is 2.38. The van der Waals surface area contributed by atoms with Crippen molar-refractivity contribution in [2.45, 2.75) is 44.4 Å². The fourth-order valence-corrected chi connectivity index (χ4v) is 3.58. The maximum Gasteiger partial charge on any atom is 0.315 e. The van der Waals surface area contributed by atoms with Crippen molar-refractivity contribution in [1.29, 1.82) is 0 Å². The van der Waals surface area contributed by atoms with Crippen LogP contribution in [0.2, 0.25) is 0 Å². The summed E-state index contributed by atoms with van der Waals surface area (Å²) in [6, 6.07) is 8.94. The quantitative estimate of drug-likeness (QED) is 0.220. The predicted molar refractivity (Wildman–Crippen MR) is 115 cm³/mol. The van der Waals surface area contributed by atoms with E-state index < -0.39 is 14.9 Å². The number of unbranched alkanes of at least 4 members (excludes halogenated alkanes) is 3. The van der Waals surface area contributed by atoms with Gasteiger partial charge in [0.1, 0.15) is 0 Å². The minimum absolute atomic E-state index is 0.0255. The molecule has 8 nitrogen and oxygen atoms in total. The predicted octanol–water partition coefficient (Wildman–Crippen LogP) is 4.68. The van der Waals surface area contributed by atoms with E-state index >= 15 is 0 Å². The van der Waals surface area contributed by atoms with Crippen molar-refractivity contribution < 1.29 is 22.8 Å². The third kappa shape index (κ3) is 6.28. The molecule has 0 amide bonds. The topological polar surface area (TPSA) is 108 Å². The first-order valence-corrected chi connectivity index (χ1v) is 11.1. The van der Waals surface area contributed by atoms with Gasteiger partial charge in [-0.3, -0.25) is 10.1 Å². The summed E-state index contributed by atoms with van der Waals surface area (Å²) in [6.45, 7) is 4.26.